The molecule has 0 spiro atoms. The van der Waals surface area contributed by atoms with Gasteiger partial charge in [0.25, 0.3) is 0 Å². The molecule has 0 radical (unpaired) electrons. The van der Waals surface area contributed by atoms with Gasteiger partial charge in [-0.05, 0) is 50.1 Å². The molecule has 3 rings (SSSR count). The fourth-order valence-corrected chi connectivity index (χ4v) is 2.67. The van der Waals surface area contributed by atoms with Crippen LogP contribution in [0.2, 0.25) is 0 Å². The zero-order chi connectivity index (χ0) is 19.2. The maximum absolute atomic E-state index is 13.0. The third kappa shape index (κ3) is 5.34. The molecule has 1 heterocycles. The number of hydrogen-bond donors (Lipinski definition) is 2. The molecular formula is C21H21FN4O. The highest BCUT2D eigenvalue weighted by Gasteiger charge is 2.05. The van der Waals surface area contributed by atoms with Crippen molar-refractivity contribution < 1.29 is 9.18 Å². The fraction of sp³-hybridized carbons (Fsp3) is 0.190. The molecule has 0 atom stereocenters. The van der Waals surface area contributed by atoms with Crippen LogP contribution >= 0.6 is 0 Å². The molecular weight excluding hydrogens is 343 g/mol. The van der Waals surface area contributed by atoms with Crippen molar-refractivity contribution in [3.63, 3.8) is 0 Å². The van der Waals surface area contributed by atoms with Gasteiger partial charge in [0, 0.05) is 23.9 Å². The molecule has 0 saturated heterocycles. The summed E-state index contributed by atoms with van der Waals surface area (Å²) in [5, 5.41) is 6.48. The Balaban J connectivity index is 1.66. The number of Topliss-reactive ketones (excluding diaryl/α,β-unsaturated/α-hetero) is 1. The third-order valence-corrected chi connectivity index (χ3v) is 4.01. The molecule has 6 heteroatoms. The summed E-state index contributed by atoms with van der Waals surface area (Å²) in [4.78, 5) is 20.3. The Labute approximate surface area is 157 Å². The highest BCUT2D eigenvalue weighted by molar-refractivity contribution is 5.95. The summed E-state index contributed by atoms with van der Waals surface area (Å²) < 4.78 is 13.0. The van der Waals surface area contributed by atoms with Crippen molar-refractivity contribution in [1.82, 2.24) is 9.97 Å². The van der Waals surface area contributed by atoms with E-state index >= 15 is 0 Å². The number of ketones is 1. The van der Waals surface area contributed by atoms with Crippen LogP contribution in [-0.4, -0.2) is 22.3 Å². The first-order valence-corrected chi connectivity index (χ1v) is 8.71. The zero-order valence-corrected chi connectivity index (χ0v) is 15.3. The van der Waals surface area contributed by atoms with Crippen LogP contribution in [0, 0.1) is 12.7 Å². The minimum atomic E-state index is -0.234. The molecule has 0 saturated carbocycles. The van der Waals surface area contributed by atoms with E-state index in [1.807, 2.05) is 25.1 Å². The highest BCUT2D eigenvalue weighted by Crippen LogP contribution is 2.19. The second kappa shape index (κ2) is 8.40. The second-order valence-electron chi connectivity index (χ2n) is 6.25. The first-order valence-electron chi connectivity index (χ1n) is 8.71. The molecule has 3 aromatic rings. The molecule has 0 bridgehead atoms. The second-order valence-corrected chi connectivity index (χ2v) is 6.25. The molecule has 2 N–H and O–H groups in total. The number of nitrogens with one attached hydrogen (secondary N) is 2. The van der Waals surface area contributed by atoms with Crippen LogP contribution in [-0.2, 0) is 6.42 Å². The molecule has 27 heavy (non-hydrogen) atoms. The topological polar surface area (TPSA) is 66.9 Å². The lowest BCUT2D eigenvalue weighted by Crippen LogP contribution is -2.08. The quantitative estimate of drug-likeness (QED) is 0.603. The molecule has 0 aliphatic rings. The Bertz CT molecular complexity index is 941. The van der Waals surface area contributed by atoms with Crippen LogP contribution in [0.4, 0.5) is 21.7 Å². The van der Waals surface area contributed by atoms with E-state index in [9.17, 15) is 9.18 Å². The molecule has 0 aliphatic heterocycles. The number of carbonyl (C=O) groups is 1. The van der Waals surface area contributed by atoms with Gasteiger partial charge < -0.3 is 10.6 Å². The highest BCUT2D eigenvalue weighted by atomic mass is 19.1. The van der Waals surface area contributed by atoms with Gasteiger partial charge in [-0.3, -0.25) is 4.79 Å². The normalized spacial score (nSPS) is 10.5. The maximum Gasteiger partial charge on any atom is 0.159 e. The van der Waals surface area contributed by atoms with Gasteiger partial charge in [0.15, 0.2) is 5.78 Å². The lowest BCUT2D eigenvalue weighted by atomic mass is 10.1. The van der Waals surface area contributed by atoms with Gasteiger partial charge in [-0.2, -0.15) is 0 Å². The maximum atomic E-state index is 13.0. The van der Waals surface area contributed by atoms with Gasteiger partial charge in [-0.1, -0.05) is 24.3 Å². The van der Waals surface area contributed by atoms with E-state index in [0.29, 0.717) is 29.6 Å². The summed E-state index contributed by atoms with van der Waals surface area (Å²) in [5.74, 6) is 1.76. The summed E-state index contributed by atoms with van der Waals surface area (Å²) in [7, 11) is 0. The SMILES string of the molecule is CC(=O)c1cccc(Nc2cc(NCCc3ccc(F)cc3)nc(C)n2)c1. The minimum Gasteiger partial charge on any atom is -0.370 e. The van der Waals surface area contributed by atoms with E-state index in [-0.39, 0.29) is 11.6 Å². The van der Waals surface area contributed by atoms with E-state index < -0.39 is 0 Å². The summed E-state index contributed by atoms with van der Waals surface area (Å²) in [5.41, 5.74) is 2.48. The molecule has 0 amide bonds. The number of carbonyl (C=O) groups excluding carboxylic acids is 1. The number of hydrogen-bond acceptors (Lipinski definition) is 5. The molecule has 2 aromatic carbocycles. The zero-order valence-electron chi connectivity index (χ0n) is 15.3. The summed E-state index contributed by atoms with van der Waals surface area (Å²) >= 11 is 0. The summed E-state index contributed by atoms with van der Waals surface area (Å²) in [6, 6.07) is 15.6. The minimum absolute atomic E-state index is 0.0145. The van der Waals surface area contributed by atoms with E-state index in [2.05, 4.69) is 20.6 Å². The van der Waals surface area contributed by atoms with E-state index in [4.69, 9.17) is 0 Å². The predicted octanol–water partition coefficient (Wildman–Crippen LogP) is 4.52. The number of benzene rings is 2. The predicted molar refractivity (Wildman–Crippen MR) is 105 cm³/mol. The Hall–Kier alpha value is -3.28. The average molecular weight is 364 g/mol. The molecule has 1 aromatic heterocycles. The van der Waals surface area contributed by atoms with E-state index in [0.717, 1.165) is 17.7 Å². The molecule has 0 aliphatic carbocycles. The Morgan fingerprint density at radius 2 is 1.78 bits per heavy atom. The van der Waals surface area contributed by atoms with Crippen LogP contribution in [0.15, 0.2) is 54.6 Å². The van der Waals surface area contributed by atoms with Gasteiger partial charge in [-0.25, -0.2) is 14.4 Å². The van der Waals surface area contributed by atoms with Crippen molar-refractivity contribution >= 4 is 23.1 Å². The van der Waals surface area contributed by atoms with Gasteiger partial charge >= 0.3 is 0 Å². The summed E-state index contributed by atoms with van der Waals surface area (Å²) in [6.45, 7) is 4.03. The van der Waals surface area contributed by atoms with Crippen molar-refractivity contribution in [2.75, 3.05) is 17.2 Å². The van der Waals surface area contributed by atoms with Crippen LogP contribution < -0.4 is 10.6 Å². The number of aryl methyl sites for hydroxylation is 1. The molecule has 0 unspecified atom stereocenters. The van der Waals surface area contributed by atoms with Gasteiger partial charge in [0.2, 0.25) is 0 Å². The standard InChI is InChI=1S/C21H21FN4O/c1-14(27)17-4-3-5-19(12-17)26-21-13-20(24-15(2)25-21)23-11-10-16-6-8-18(22)9-7-16/h3-9,12-13H,10-11H2,1-2H3,(H2,23,24,25,26). The number of halogens is 1. The van der Waals surface area contributed by atoms with Crippen LogP contribution in [0.25, 0.3) is 0 Å². The monoisotopic (exact) mass is 364 g/mol. The fourth-order valence-electron chi connectivity index (χ4n) is 2.67. The number of rotatable bonds is 7. The molecule has 0 fully saturated rings. The third-order valence-electron chi connectivity index (χ3n) is 4.01. The molecule has 138 valence electrons. The Morgan fingerprint density at radius 1 is 1.04 bits per heavy atom. The first-order chi connectivity index (χ1) is 13.0. The number of nitrogens with zero attached hydrogens (tertiary/aromatic N) is 2. The lowest BCUT2D eigenvalue weighted by molar-refractivity contribution is 0.101. The first kappa shape index (κ1) is 18.5. The van der Waals surface area contributed by atoms with Crippen molar-refractivity contribution in [2.24, 2.45) is 0 Å². The van der Waals surface area contributed by atoms with Crippen LogP contribution in [0.5, 0.6) is 0 Å². The van der Waals surface area contributed by atoms with Crippen molar-refractivity contribution in [3.8, 4) is 0 Å². The number of anilines is 3. The molecule has 5 nitrogen and oxygen atoms in total. The Kier molecular flexibility index (Phi) is 5.76. The average Bonchev–Trinajstić information content (AvgIpc) is 2.63. The van der Waals surface area contributed by atoms with Gasteiger partial charge in [0.1, 0.15) is 23.3 Å². The van der Waals surface area contributed by atoms with Crippen molar-refractivity contribution in [1.29, 1.82) is 0 Å². The van der Waals surface area contributed by atoms with E-state index in [1.54, 1.807) is 24.3 Å². The van der Waals surface area contributed by atoms with Crippen molar-refractivity contribution in [2.45, 2.75) is 20.3 Å². The van der Waals surface area contributed by atoms with Crippen molar-refractivity contribution in [3.05, 3.63) is 77.4 Å². The van der Waals surface area contributed by atoms with Crippen LogP contribution in [0.1, 0.15) is 28.7 Å². The lowest BCUT2D eigenvalue weighted by Gasteiger charge is -2.11. The van der Waals surface area contributed by atoms with Gasteiger partial charge in [-0.15, -0.1) is 0 Å². The smallest absolute Gasteiger partial charge is 0.159 e. The van der Waals surface area contributed by atoms with Gasteiger partial charge in [0.05, 0.1) is 0 Å². The largest absolute Gasteiger partial charge is 0.370 e. The summed E-state index contributed by atoms with van der Waals surface area (Å²) in [6.07, 6.45) is 0.757. The Morgan fingerprint density at radius 3 is 2.52 bits per heavy atom. The van der Waals surface area contributed by atoms with E-state index in [1.165, 1.54) is 19.1 Å². The number of aromatic nitrogens is 2. The van der Waals surface area contributed by atoms with Crippen LogP contribution in [0.3, 0.4) is 0 Å².